The summed E-state index contributed by atoms with van der Waals surface area (Å²) < 4.78 is 10.7. The zero-order valence-electron chi connectivity index (χ0n) is 8.37. The Morgan fingerprint density at radius 1 is 1.38 bits per heavy atom. The number of rotatable bonds is 2. The van der Waals surface area contributed by atoms with E-state index in [9.17, 15) is 0 Å². The minimum absolute atomic E-state index is 0.411. The van der Waals surface area contributed by atoms with Crippen molar-refractivity contribution in [1.82, 2.24) is 4.90 Å². The lowest BCUT2D eigenvalue weighted by Crippen LogP contribution is -2.38. The lowest BCUT2D eigenvalue weighted by molar-refractivity contribution is -0.144. The molecule has 2 rings (SSSR count). The molecule has 0 N–H and O–H groups in total. The second-order valence-electron chi connectivity index (χ2n) is 4.09. The summed E-state index contributed by atoms with van der Waals surface area (Å²) >= 11 is 0. The van der Waals surface area contributed by atoms with Crippen LogP contribution >= 0.6 is 0 Å². The van der Waals surface area contributed by atoms with Crippen molar-refractivity contribution in [3.05, 3.63) is 0 Å². The van der Waals surface area contributed by atoms with E-state index in [2.05, 4.69) is 11.8 Å². The van der Waals surface area contributed by atoms with Gasteiger partial charge in [-0.25, -0.2) is 0 Å². The smallest absolute Gasteiger partial charge is 0.147 e. The van der Waals surface area contributed by atoms with Crippen LogP contribution in [0.5, 0.6) is 0 Å². The molecule has 2 atom stereocenters. The average Bonchev–Trinajstić information content (AvgIpc) is 2.54. The highest BCUT2D eigenvalue weighted by molar-refractivity contribution is 4.78. The van der Waals surface area contributed by atoms with Gasteiger partial charge in [-0.05, 0) is 32.7 Å². The van der Waals surface area contributed by atoms with E-state index >= 15 is 0 Å². The molecule has 2 unspecified atom stereocenters. The van der Waals surface area contributed by atoms with E-state index in [1.807, 2.05) is 0 Å². The van der Waals surface area contributed by atoms with Crippen molar-refractivity contribution < 1.29 is 9.47 Å². The SMILES string of the molecule is CC1CCCN1CC1CCOCO1. The fourth-order valence-corrected chi connectivity index (χ4v) is 2.17. The van der Waals surface area contributed by atoms with E-state index in [1.165, 1.54) is 19.4 Å². The summed E-state index contributed by atoms with van der Waals surface area (Å²) in [4.78, 5) is 2.54. The highest BCUT2D eigenvalue weighted by atomic mass is 16.7. The maximum atomic E-state index is 5.52. The third-order valence-corrected chi connectivity index (χ3v) is 3.10. The van der Waals surface area contributed by atoms with Crippen LogP contribution in [0.15, 0.2) is 0 Å². The number of nitrogens with zero attached hydrogens (tertiary/aromatic N) is 1. The minimum atomic E-state index is 0.411. The molecule has 0 bridgehead atoms. The normalized spacial score (nSPS) is 36.7. The number of hydrogen-bond donors (Lipinski definition) is 0. The van der Waals surface area contributed by atoms with Gasteiger partial charge in [-0.15, -0.1) is 0 Å². The van der Waals surface area contributed by atoms with Gasteiger partial charge in [-0.1, -0.05) is 0 Å². The predicted octanol–water partition coefficient (Wildman–Crippen LogP) is 1.23. The second kappa shape index (κ2) is 4.40. The predicted molar refractivity (Wildman–Crippen MR) is 50.6 cm³/mol. The summed E-state index contributed by atoms with van der Waals surface area (Å²) in [5, 5.41) is 0. The molecule has 76 valence electrons. The van der Waals surface area contributed by atoms with Crippen molar-refractivity contribution in [1.29, 1.82) is 0 Å². The summed E-state index contributed by atoms with van der Waals surface area (Å²) in [7, 11) is 0. The van der Waals surface area contributed by atoms with Crippen molar-refractivity contribution in [2.75, 3.05) is 26.5 Å². The quantitative estimate of drug-likeness (QED) is 0.646. The van der Waals surface area contributed by atoms with Gasteiger partial charge in [0.15, 0.2) is 0 Å². The standard InChI is InChI=1S/C10H19NO2/c1-9-3-2-5-11(9)7-10-4-6-12-8-13-10/h9-10H,2-8H2,1H3. The van der Waals surface area contributed by atoms with Crippen molar-refractivity contribution in [3.63, 3.8) is 0 Å². The van der Waals surface area contributed by atoms with Gasteiger partial charge in [-0.2, -0.15) is 0 Å². The Morgan fingerprint density at radius 3 is 2.92 bits per heavy atom. The van der Waals surface area contributed by atoms with Crippen LogP contribution in [-0.4, -0.2) is 43.5 Å². The third-order valence-electron chi connectivity index (χ3n) is 3.10. The molecule has 0 radical (unpaired) electrons. The van der Waals surface area contributed by atoms with Crippen LogP contribution in [0.25, 0.3) is 0 Å². The Kier molecular flexibility index (Phi) is 3.19. The molecule has 2 heterocycles. The molecular formula is C10H19NO2. The van der Waals surface area contributed by atoms with E-state index < -0.39 is 0 Å². The van der Waals surface area contributed by atoms with Gasteiger partial charge < -0.3 is 9.47 Å². The first-order valence-electron chi connectivity index (χ1n) is 5.29. The molecule has 0 aromatic carbocycles. The average molecular weight is 185 g/mol. The number of likely N-dealkylation sites (tertiary alicyclic amines) is 1. The van der Waals surface area contributed by atoms with Gasteiger partial charge in [0.05, 0.1) is 12.7 Å². The molecular weight excluding hydrogens is 166 g/mol. The maximum Gasteiger partial charge on any atom is 0.147 e. The topological polar surface area (TPSA) is 21.7 Å². The second-order valence-corrected chi connectivity index (χ2v) is 4.09. The van der Waals surface area contributed by atoms with Gasteiger partial charge in [0.25, 0.3) is 0 Å². The fraction of sp³-hybridized carbons (Fsp3) is 1.00. The van der Waals surface area contributed by atoms with Crippen molar-refractivity contribution >= 4 is 0 Å². The fourth-order valence-electron chi connectivity index (χ4n) is 2.17. The van der Waals surface area contributed by atoms with Crippen LogP contribution in [0.2, 0.25) is 0 Å². The zero-order chi connectivity index (χ0) is 9.10. The largest absolute Gasteiger partial charge is 0.355 e. The van der Waals surface area contributed by atoms with Gasteiger partial charge in [-0.3, -0.25) is 4.90 Å². The first-order valence-corrected chi connectivity index (χ1v) is 5.29. The summed E-state index contributed by atoms with van der Waals surface area (Å²) in [6.07, 6.45) is 4.17. The Balaban J connectivity index is 1.75. The van der Waals surface area contributed by atoms with Crippen LogP contribution in [-0.2, 0) is 9.47 Å². The first-order chi connectivity index (χ1) is 6.36. The van der Waals surface area contributed by atoms with E-state index in [-0.39, 0.29) is 0 Å². The zero-order valence-corrected chi connectivity index (χ0v) is 8.37. The van der Waals surface area contributed by atoms with Crippen LogP contribution in [0.3, 0.4) is 0 Å². The highest BCUT2D eigenvalue weighted by Gasteiger charge is 2.24. The molecule has 0 aromatic heterocycles. The van der Waals surface area contributed by atoms with Gasteiger partial charge in [0.2, 0.25) is 0 Å². The van der Waals surface area contributed by atoms with Gasteiger partial charge in [0, 0.05) is 12.6 Å². The van der Waals surface area contributed by atoms with Crippen LogP contribution < -0.4 is 0 Å². The molecule has 0 aromatic rings. The van der Waals surface area contributed by atoms with Crippen molar-refractivity contribution in [3.8, 4) is 0 Å². The van der Waals surface area contributed by atoms with Crippen molar-refractivity contribution in [2.24, 2.45) is 0 Å². The molecule has 13 heavy (non-hydrogen) atoms. The van der Waals surface area contributed by atoms with Crippen molar-refractivity contribution in [2.45, 2.75) is 38.3 Å². The molecule has 0 spiro atoms. The van der Waals surface area contributed by atoms with Crippen LogP contribution in [0.1, 0.15) is 26.2 Å². The maximum absolute atomic E-state index is 5.52. The molecule has 3 heteroatoms. The van der Waals surface area contributed by atoms with E-state index in [4.69, 9.17) is 9.47 Å². The van der Waals surface area contributed by atoms with E-state index in [1.54, 1.807) is 0 Å². The lowest BCUT2D eigenvalue weighted by atomic mass is 10.2. The number of ether oxygens (including phenoxy) is 2. The summed E-state index contributed by atoms with van der Waals surface area (Å²) in [6.45, 7) is 6.03. The Labute approximate surface area is 80.0 Å². The molecule has 2 fully saturated rings. The lowest BCUT2D eigenvalue weighted by Gasteiger charge is -2.29. The number of hydrogen-bond acceptors (Lipinski definition) is 3. The Morgan fingerprint density at radius 2 is 2.31 bits per heavy atom. The summed E-state index contributed by atoms with van der Waals surface area (Å²) in [5.74, 6) is 0. The minimum Gasteiger partial charge on any atom is -0.355 e. The monoisotopic (exact) mass is 185 g/mol. The molecule has 2 aliphatic heterocycles. The van der Waals surface area contributed by atoms with E-state index in [0.717, 1.165) is 25.6 Å². The molecule has 2 aliphatic rings. The Bertz CT molecular complexity index is 157. The van der Waals surface area contributed by atoms with Crippen LogP contribution in [0.4, 0.5) is 0 Å². The molecule has 0 amide bonds. The van der Waals surface area contributed by atoms with E-state index in [0.29, 0.717) is 12.9 Å². The summed E-state index contributed by atoms with van der Waals surface area (Å²) in [6, 6.07) is 0.756. The molecule has 0 aliphatic carbocycles. The summed E-state index contributed by atoms with van der Waals surface area (Å²) in [5.41, 5.74) is 0. The first kappa shape index (κ1) is 9.44. The molecule has 0 saturated carbocycles. The third kappa shape index (κ3) is 2.42. The van der Waals surface area contributed by atoms with Gasteiger partial charge in [0.1, 0.15) is 6.79 Å². The molecule has 3 nitrogen and oxygen atoms in total. The molecule has 2 saturated heterocycles. The van der Waals surface area contributed by atoms with Gasteiger partial charge >= 0.3 is 0 Å². The van der Waals surface area contributed by atoms with Crippen LogP contribution in [0, 0.1) is 0 Å². The highest BCUT2D eigenvalue weighted by Crippen LogP contribution is 2.18. The Hall–Kier alpha value is -0.120.